The standard InChI is InChI=1S/C31H38N8O2/c1-3-38(4-2)27-16-23-18-35-31(36-24-9-7-21(8-10-24)28-19-33-14-15-41-28)37-29(23)39(30(27)40)20-26-25(6-5-12-34-26)22-11-13-32-17-22/h5-10,12,16,18,22,28,32-33H,3-4,11,13-15,17,19-20H2,1-2H3,(H,35,36,37). The molecule has 0 radical (unpaired) electrons. The Hall–Kier alpha value is -3.86. The number of rotatable bonds is 9. The fourth-order valence-corrected chi connectivity index (χ4v) is 5.86. The molecule has 10 heteroatoms. The highest BCUT2D eigenvalue weighted by atomic mass is 16.5. The molecule has 3 aromatic heterocycles. The average molecular weight is 555 g/mol. The van der Waals surface area contributed by atoms with Crippen molar-refractivity contribution < 1.29 is 4.74 Å². The largest absolute Gasteiger partial charge is 0.371 e. The molecule has 2 aliphatic heterocycles. The van der Waals surface area contributed by atoms with E-state index in [0.29, 0.717) is 36.4 Å². The molecule has 4 aromatic rings. The topological polar surface area (TPSA) is 109 Å². The van der Waals surface area contributed by atoms with Gasteiger partial charge in [0.15, 0.2) is 0 Å². The van der Waals surface area contributed by atoms with E-state index in [2.05, 4.69) is 57.9 Å². The SMILES string of the molecule is CCN(CC)c1cc2cnc(Nc3ccc(C4CNCCO4)cc3)nc2n(Cc2ncccc2C2CCNC2)c1=O. The number of ether oxygens (including phenoxy) is 1. The summed E-state index contributed by atoms with van der Waals surface area (Å²) < 4.78 is 7.64. The molecule has 41 heavy (non-hydrogen) atoms. The predicted molar refractivity (Wildman–Crippen MR) is 162 cm³/mol. The molecule has 2 atom stereocenters. The zero-order chi connectivity index (χ0) is 28.2. The average Bonchev–Trinajstić information content (AvgIpc) is 3.56. The van der Waals surface area contributed by atoms with Gasteiger partial charge >= 0.3 is 0 Å². The number of benzene rings is 1. The molecular formula is C31H38N8O2. The highest BCUT2D eigenvalue weighted by Crippen LogP contribution is 2.27. The third kappa shape index (κ3) is 5.81. The first kappa shape index (κ1) is 27.3. The summed E-state index contributed by atoms with van der Waals surface area (Å²) in [7, 11) is 0. The van der Waals surface area contributed by atoms with Crippen LogP contribution in [0.5, 0.6) is 0 Å². The summed E-state index contributed by atoms with van der Waals surface area (Å²) in [6.07, 6.45) is 4.72. The second-order valence-corrected chi connectivity index (χ2v) is 10.6. The number of nitrogens with one attached hydrogen (secondary N) is 3. The van der Waals surface area contributed by atoms with Gasteiger partial charge in [-0.25, -0.2) is 4.98 Å². The maximum atomic E-state index is 14.0. The number of hydrogen-bond donors (Lipinski definition) is 3. The highest BCUT2D eigenvalue weighted by Gasteiger charge is 2.22. The Labute approximate surface area is 240 Å². The molecule has 3 N–H and O–H groups in total. The monoisotopic (exact) mass is 554 g/mol. The van der Waals surface area contributed by atoms with Crippen LogP contribution in [0.1, 0.15) is 49.1 Å². The molecule has 214 valence electrons. The molecule has 6 rings (SSSR count). The second kappa shape index (κ2) is 12.3. The van der Waals surface area contributed by atoms with Crippen LogP contribution in [0.4, 0.5) is 17.3 Å². The van der Waals surface area contributed by atoms with Gasteiger partial charge < -0.3 is 25.6 Å². The fourth-order valence-electron chi connectivity index (χ4n) is 5.86. The number of pyridine rings is 2. The lowest BCUT2D eigenvalue weighted by Crippen LogP contribution is -2.33. The molecule has 0 saturated carbocycles. The van der Waals surface area contributed by atoms with Crippen molar-refractivity contribution in [1.29, 1.82) is 0 Å². The lowest BCUT2D eigenvalue weighted by molar-refractivity contribution is 0.0277. The van der Waals surface area contributed by atoms with Gasteiger partial charge in [0.25, 0.3) is 5.56 Å². The second-order valence-electron chi connectivity index (χ2n) is 10.6. The van der Waals surface area contributed by atoms with Crippen molar-refractivity contribution in [1.82, 2.24) is 30.2 Å². The van der Waals surface area contributed by atoms with Crippen LogP contribution < -0.4 is 26.4 Å². The van der Waals surface area contributed by atoms with Crippen LogP contribution in [0.25, 0.3) is 11.0 Å². The highest BCUT2D eigenvalue weighted by molar-refractivity contribution is 5.80. The molecule has 1 aromatic carbocycles. The van der Waals surface area contributed by atoms with Gasteiger partial charge in [0, 0.05) is 56.2 Å². The maximum absolute atomic E-state index is 14.0. The number of anilines is 3. The Morgan fingerprint density at radius 2 is 1.90 bits per heavy atom. The van der Waals surface area contributed by atoms with E-state index in [9.17, 15) is 4.79 Å². The minimum Gasteiger partial charge on any atom is -0.371 e. The molecule has 2 saturated heterocycles. The Balaban J connectivity index is 1.37. The van der Waals surface area contributed by atoms with Crippen molar-refractivity contribution >= 4 is 28.4 Å². The zero-order valence-corrected chi connectivity index (χ0v) is 23.8. The quantitative estimate of drug-likeness (QED) is 0.286. The van der Waals surface area contributed by atoms with E-state index in [-0.39, 0.29) is 11.7 Å². The van der Waals surface area contributed by atoms with E-state index in [1.54, 1.807) is 10.8 Å². The minimum atomic E-state index is -0.0718. The van der Waals surface area contributed by atoms with Crippen LogP contribution in [0.15, 0.2) is 59.7 Å². The molecule has 0 bridgehead atoms. The summed E-state index contributed by atoms with van der Waals surface area (Å²) in [5, 5.41) is 11.0. The lowest BCUT2D eigenvalue weighted by Gasteiger charge is -2.24. The van der Waals surface area contributed by atoms with Crippen molar-refractivity contribution in [3.8, 4) is 0 Å². The third-order valence-corrected chi connectivity index (χ3v) is 8.11. The Morgan fingerprint density at radius 3 is 2.63 bits per heavy atom. The number of hydrogen-bond acceptors (Lipinski definition) is 9. The number of morpholine rings is 1. The van der Waals surface area contributed by atoms with Crippen LogP contribution in [-0.2, 0) is 11.3 Å². The van der Waals surface area contributed by atoms with Crippen molar-refractivity contribution in [2.45, 2.75) is 38.8 Å². The summed E-state index contributed by atoms with van der Waals surface area (Å²) in [5.41, 5.74) is 5.26. The van der Waals surface area contributed by atoms with Crippen LogP contribution in [-0.4, -0.2) is 65.4 Å². The van der Waals surface area contributed by atoms with Gasteiger partial charge in [-0.2, -0.15) is 4.98 Å². The van der Waals surface area contributed by atoms with Gasteiger partial charge in [-0.15, -0.1) is 0 Å². The first-order valence-electron chi connectivity index (χ1n) is 14.6. The number of fused-ring (bicyclic) bond motifs is 1. The van der Waals surface area contributed by atoms with Crippen LogP contribution in [0.2, 0.25) is 0 Å². The van der Waals surface area contributed by atoms with Gasteiger partial charge in [-0.05, 0) is 68.1 Å². The van der Waals surface area contributed by atoms with Crippen LogP contribution in [0.3, 0.4) is 0 Å². The third-order valence-electron chi connectivity index (χ3n) is 8.11. The molecule has 5 heterocycles. The molecule has 0 aliphatic carbocycles. The first-order chi connectivity index (χ1) is 20.1. The Morgan fingerprint density at radius 1 is 1.07 bits per heavy atom. The summed E-state index contributed by atoms with van der Waals surface area (Å²) >= 11 is 0. The molecule has 2 unspecified atom stereocenters. The fraction of sp³-hybridized carbons (Fsp3) is 0.419. The Bertz CT molecular complexity index is 1540. The van der Waals surface area contributed by atoms with Crippen LogP contribution in [0, 0.1) is 0 Å². The lowest BCUT2D eigenvalue weighted by atomic mass is 9.96. The van der Waals surface area contributed by atoms with Gasteiger partial charge in [0.05, 0.1) is 24.9 Å². The normalized spacial score (nSPS) is 19.0. The molecular weight excluding hydrogens is 516 g/mol. The summed E-state index contributed by atoms with van der Waals surface area (Å²) in [5.74, 6) is 0.821. The molecule has 0 amide bonds. The Kier molecular flexibility index (Phi) is 8.22. The van der Waals surface area contributed by atoms with E-state index < -0.39 is 0 Å². The predicted octanol–water partition coefficient (Wildman–Crippen LogP) is 3.56. The molecule has 2 fully saturated rings. The van der Waals surface area contributed by atoms with Crippen LogP contribution >= 0.6 is 0 Å². The zero-order valence-electron chi connectivity index (χ0n) is 23.8. The van der Waals surface area contributed by atoms with E-state index in [1.807, 2.05) is 30.5 Å². The maximum Gasteiger partial charge on any atom is 0.276 e. The van der Waals surface area contributed by atoms with E-state index >= 15 is 0 Å². The van der Waals surface area contributed by atoms with Gasteiger partial charge in [-0.3, -0.25) is 14.3 Å². The van der Waals surface area contributed by atoms with E-state index in [1.165, 1.54) is 5.56 Å². The summed E-state index contributed by atoms with van der Waals surface area (Å²) in [6.45, 7) is 10.3. The molecule has 2 aliphatic rings. The summed E-state index contributed by atoms with van der Waals surface area (Å²) in [6, 6.07) is 14.2. The number of aromatic nitrogens is 4. The minimum absolute atomic E-state index is 0.0562. The van der Waals surface area contributed by atoms with Crippen molar-refractivity contribution in [3.05, 3.63) is 82.0 Å². The van der Waals surface area contributed by atoms with E-state index in [0.717, 1.165) is 68.0 Å². The van der Waals surface area contributed by atoms with E-state index in [4.69, 9.17) is 14.7 Å². The van der Waals surface area contributed by atoms with Crippen molar-refractivity contribution in [3.63, 3.8) is 0 Å². The molecule has 0 spiro atoms. The smallest absolute Gasteiger partial charge is 0.276 e. The van der Waals surface area contributed by atoms with Gasteiger partial charge in [0.2, 0.25) is 5.95 Å². The van der Waals surface area contributed by atoms with Gasteiger partial charge in [0.1, 0.15) is 11.3 Å². The van der Waals surface area contributed by atoms with Crippen molar-refractivity contribution in [2.24, 2.45) is 0 Å². The molecule has 10 nitrogen and oxygen atoms in total. The first-order valence-corrected chi connectivity index (χ1v) is 14.6. The number of nitrogens with zero attached hydrogens (tertiary/aromatic N) is 5. The van der Waals surface area contributed by atoms with Crippen molar-refractivity contribution in [2.75, 3.05) is 56.1 Å². The summed E-state index contributed by atoms with van der Waals surface area (Å²) in [4.78, 5) is 30.3. The van der Waals surface area contributed by atoms with Gasteiger partial charge in [-0.1, -0.05) is 18.2 Å².